The van der Waals surface area contributed by atoms with Crippen molar-refractivity contribution in [1.82, 2.24) is 5.32 Å². The van der Waals surface area contributed by atoms with Gasteiger partial charge in [0.2, 0.25) is 0 Å². The lowest BCUT2D eigenvalue weighted by Gasteiger charge is -2.21. The molecule has 0 aliphatic carbocycles. The zero-order valence-corrected chi connectivity index (χ0v) is 13.8. The van der Waals surface area contributed by atoms with E-state index in [1.54, 1.807) is 27.2 Å². The summed E-state index contributed by atoms with van der Waals surface area (Å²) in [5.74, 6) is -0.563. The first-order valence-corrected chi connectivity index (χ1v) is 7.53. The SMILES string of the molecule is COc1ccc(CNC(C)C(O)c2ccc(F)c(F)c2)c(OC)c1. The molecule has 0 saturated heterocycles. The highest BCUT2D eigenvalue weighted by Crippen LogP contribution is 2.25. The van der Waals surface area contributed by atoms with Crippen molar-refractivity contribution in [2.24, 2.45) is 0 Å². The van der Waals surface area contributed by atoms with Gasteiger partial charge < -0.3 is 19.9 Å². The van der Waals surface area contributed by atoms with Crippen LogP contribution in [0.2, 0.25) is 0 Å². The fourth-order valence-corrected chi connectivity index (χ4v) is 2.37. The Hall–Kier alpha value is -2.18. The molecule has 0 amide bonds. The predicted octanol–water partition coefficient (Wildman–Crippen LogP) is 3.19. The summed E-state index contributed by atoms with van der Waals surface area (Å²) in [7, 11) is 3.14. The van der Waals surface area contributed by atoms with E-state index in [2.05, 4.69) is 5.32 Å². The summed E-state index contributed by atoms with van der Waals surface area (Å²) in [5, 5.41) is 13.4. The van der Waals surface area contributed by atoms with Gasteiger partial charge in [0.05, 0.1) is 20.3 Å². The van der Waals surface area contributed by atoms with Gasteiger partial charge in [0.15, 0.2) is 11.6 Å². The van der Waals surface area contributed by atoms with Gasteiger partial charge >= 0.3 is 0 Å². The van der Waals surface area contributed by atoms with Gasteiger partial charge in [-0.25, -0.2) is 8.78 Å². The van der Waals surface area contributed by atoms with Gasteiger partial charge in [-0.05, 0) is 30.7 Å². The maximum atomic E-state index is 13.3. The topological polar surface area (TPSA) is 50.7 Å². The Morgan fingerprint density at radius 2 is 1.79 bits per heavy atom. The molecule has 2 N–H and O–H groups in total. The fourth-order valence-electron chi connectivity index (χ4n) is 2.37. The molecule has 2 aromatic carbocycles. The average Bonchev–Trinajstić information content (AvgIpc) is 2.61. The third-order valence-electron chi connectivity index (χ3n) is 3.87. The summed E-state index contributed by atoms with van der Waals surface area (Å²) in [6.45, 7) is 2.21. The zero-order valence-electron chi connectivity index (χ0n) is 13.8. The van der Waals surface area contributed by atoms with Crippen molar-refractivity contribution in [3.05, 3.63) is 59.2 Å². The number of hydrogen-bond acceptors (Lipinski definition) is 4. The average molecular weight is 337 g/mol. The van der Waals surface area contributed by atoms with E-state index < -0.39 is 17.7 Å². The molecule has 130 valence electrons. The third-order valence-corrected chi connectivity index (χ3v) is 3.87. The Kier molecular flexibility index (Phi) is 6.11. The van der Waals surface area contributed by atoms with E-state index >= 15 is 0 Å². The first-order chi connectivity index (χ1) is 11.5. The second kappa shape index (κ2) is 8.08. The normalized spacial score (nSPS) is 13.4. The number of aliphatic hydroxyl groups is 1. The van der Waals surface area contributed by atoms with Crippen LogP contribution < -0.4 is 14.8 Å². The molecule has 0 aromatic heterocycles. The van der Waals surface area contributed by atoms with Crippen LogP contribution in [0.1, 0.15) is 24.2 Å². The van der Waals surface area contributed by atoms with Gasteiger partial charge in [-0.1, -0.05) is 12.1 Å². The molecular formula is C18H21F2NO3. The van der Waals surface area contributed by atoms with Crippen LogP contribution in [-0.4, -0.2) is 25.4 Å². The molecule has 2 rings (SSSR count). The molecule has 2 unspecified atom stereocenters. The lowest BCUT2D eigenvalue weighted by atomic mass is 10.0. The molecule has 4 nitrogen and oxygen atoms in total. The van der Waals surface area contributed by atoms with Crippen molar-refractivity contribution >= 4 is 0 Å². The van der Waals surface area contributed by atoms with Gasteiger partial charge in [-0.3, -0.25) is 0 Å². The number of halogens is 2. The third kappa shape index (κ3) is 4.21. The van der Waals surface area contributed by atoms with Crippen LogP contribution in [0.5, 0.6) is 11.5 Å². The van der Waals surface area contributed by atoms with Gasteiger partial charge in [0.25, 0.3) is 0 Å². The molecule has 0 aliphatic rings. The smallest absolute Gasteiger partial charge is 0.159 e. The zero-order chi connectivity index (χ0) is 17.7. The Morgan fingerprint density at radius 3 is 2.42 bits per heavy atom. The number of rotatable bonds is 7. The standard InChI is InChI=1S/C18H21F2NO3/c1-11(18(22)12-5-7-15(19)16(20)8-12)21-10-13-4-6-14(23-2)9-17(13)24-3/h4-9,11,18,21-22H,10H2,1-3H3. The summed E-state index contributed by atoms with van der Waals surface area (Å²) in [6.07, 6.45) is -0.968. The second-order valence-electron chi connectivity index (χ2n) is 5.47. The van der Waals surface area contributed by atoms with Gasteiger partial charge in [0, 0.05) is 24.2 Å². The van der Waals surface area contributed by atoms with E-state index in [0.717, 1.165) is 17.7 Å². The van der Waals surface area contributed by atoms with Crippen LogP contribution in [0, 0.1) is 11.6 Å². The van der Waals surface area contributed by atoms with Crippen LogP contribution in [0.15, 0.2) is 36.4 Å². The molecule has 0 heterocycles. The molecule has 0 saturated carbocycles. The molecule has 6 heteroatoms. The Morgan fingerprint density at radius 1 is 1.04 bits per heavy atom. The Bertz CT molecular complexity index is 694. The monoisotopic (exact) mass is 337 g/mol. The van der Waals surface area contributed by atoms with Crippen molar-refractivity contribution in [2.75, 3.05) is 14.2 Å². The highest BCUT2D eigenvalue weighted by atomic mass is 19.2. The number of methoxy groups -OCH3 is 2. The highest BCUT2D eigenvalue weighted by Gasteiger charge is 2.18. The number of aliphatic hydroxyl groups excluding tert-OH is 1. The summed E-state index contributed by atoms with van der Waals surface area (Å²) in [4.78, 5) is 0. The lowest BCUT2D eigenvalue weighted by Crippen LogP contribution is -2.32. The highest BCUT2D eigenvalue weighted by molar-refractivity contribution is 5.40. The molecule has 0 radical (unpaired) electrons. The molecule has 2 aromatic rings. The van der Waals surface area contributed by atoms with Crippen LogP contribution in [0.3, 0.4) is 0 Å². The Labute approximate surface area is 140 Å². The molecule has 0 fully saturated rings. The molecule has 0 spiro atoms. The number of nitrogens with one attached hydrogen (secondary N) is 1. The molecule has 2 atom stereocenters. The molecule has 0 bridgehead atoms. The quantitative estimate of drug-likeness (QED) is 0.815. The first-order valence-electron chi connectivity index (χ1n) is 7.53. The van der Waals surface area contributed by atoms with Crippen molar-refractivity contribution in [2.45, 2.75) is 25.6 Å². The maximum absolute atomic E-state index is 13.3. The van der Waals surface area contributed by atoms with E-state index in [1.807, 2.05) is 12.1 Å². The molecular weight excluding hydrogens is 316 g/mol. The van der Waals surface area contributed by atoms with E-state index in [-0.39, 0.29) is 6.04 Å². The van der Waals surface area contributed by atoms with E-state index in [4.69, 9.17) is 9.47 Å². The van der Waals surface area contributed by atoms with Crippen molar-refractivity contribution in [3.63, 3.8) is 0 Å². The van der Waals surface area contributed by atoms with Gasteiger partial charge in [0.1, 0.15) is 11.5 Å². The van der Waals surface area contributed by atoms with E-state index in [0.29, 0.717) is 23.6 Å². The molecule has 24 heavy (non-hydrogen) atoms. The van der Waals surface area contributed by atoms with E-state index in [9.17, 15) is 13.9 Å². The number of ether oxygens (including phenoxy) is 2. The van der Waals surface area contributed by atoms with Crippen molar-refractivity contribution in [3.8, 4) is 11.5 Å². The minimum Gasteiger partial charge on any atom is -0.497 e. The van der Waals surface area contributed by atoms with Crippen LogP contribution in [-0.2, 0) is 6.54 Å². The minimum atomic E-state index is -0.976. The number of hydrogen-bond donors (Lipinski definition) is 2. The van der Waals surface area contributed by atoms with Gasteiger partial charge in [-0.2, -0.15) is 0 Å². The largest absolute Gasteiger partial charge is 0.497 e. The van der Waals surface area contributed by atoms with E-state index in [1.165, 1.54) is 6.07 Å². The van der Waals surface area contributed by atoms with Crippen molar-refractivity contribution in [1.29, 1.82) is 0 Å². The summed E-state index contributed by atoms with van der Waals surface area (Å²) in [5.41, 5.74) is 1.21. The Balaban J connectivity index is 2.04. The van der Waals surface area contributed by atoms with Crippen LogP contribution in [0.4, 0.5) is 8.78 Å². The van der Waals surface area contributed by atoms with Gasteiger partial charge in [-0.15, -0.1) is 0 Å². The predicted molar refractivity (Wildman–Crippen MR) is 87.2 cm³/mol. The lowest BCUT2D eigenvalue weighted by molar-refractivity contribution is 0.134. The van der Waals surface area contributed by atoms with Crippen LogP contribution in [0.25, 0.3) is 0 Å². The fraction of sp³-hybridized carbons (Fsp3) is 0.333. The summed E-state index contributed by atoms with van der Waals surface area (Å²) in [6, 6.07) is 8.46. The molecule has 0 aliphatic heterocycles. The minimum absolute atomic E-state index is 0.315. The second-order valence-corrected chi connectivity index (χ2v) is 5.47. The summed E-state index contributed by atoms with van der Waals surface area (Å²) < 4.78 is 36.7. The maximum Gasteiger partial charge on any atom is 0.159 e. The first kappa shape index (κ1) is 18.2. The van der Waals surface area contributed by atoms with Crippen molar-refractivity contribution < 1.29 is 23.4 Å². The number of benzene rings is 2. The van der Waals surface area contributed by atoms with Crippen LogP contribution >= 0.6 is 0 Å². The summed E-state index contributed by atoms with van der Waals surface area (Å²) >= 11 is 0.